The van der Waals surface area contributed by atoms with Crippen LogP contribution in [0, 0.1) is 17.3 Å². The molecular weight excluding hydrogens is 443 g/mol. The fourth-order valence-electron chi connectivity index (χ4n) is 5.80. The van der Waals surface area contributed by atoms with Crippen LogP contribution in [0.3, 0.4) is 0 Å². The molecule has 3 aliphatic rings. The van der Waals surface area contributed by atoms with Crippen LogP contribution in [0.1, 0.15) is 64.1 Å². The molecule has 0 aromatic carbocycles. The van der Waals surface area contributed by atoms with Crippen LogP contribution < -0.4 is 5.32 Å². The van der Waals surface area contributed by atoms with Gasteiger partial charge in [-0.1, -0.05) is 26.8 Å². The number of carbonyl (C=O) groups is 1. The van der Waals surface area contributed by atoms with Crippen molar-refractivity contribution in [2.45, 2.75) is 71.1 Å². The van der Waals surface area contributed by atoms with Crippen LogP contribution in [0.5, 0.6) is 0 Å². The molecule has 1 aromatic heterocycles. The van der Waals surface area contributed by atoms with E-state index >= 15 is 0 Å². The molecule has 1 saturated carbocycles. The summed E-state index contributed by atoms with van der Waals surface area (Å²) in [4.78, 5) is 19.8. The molecule has 1 N–H and O–H groups in total. The van der Waals surface area contributed by atoms with E-state index in [4.69, 9.17) is 4.74 Å². The molecule has 1 amide bonds. The van der Waals surface area contributed by atoms with Crippen molar-refractivity contribution in [2.24, 2.45) is 17.3 Å². The maximum absolute atomic E-state index is 13.8. The van der Waals surface area contributed by atoms with Crippen molar-refractivity contribution < 1.29 is 22.7 Å². The summed E-state index contributed by atoms with van der Waals surface area (Å²) in [5.74, 6) is 0.863. The van der Waals surface area contributed by atoms with E-state index in [1.807, 2.05) is 11.0 Å². The molecule has 0 spiro atoms. The first-order valence-corrected chi connectivity index (χ1v) is 12.5. The number of nitrogens with zero attached hydrogens (tertiary/aromatic N) is 2. The molecule has 1 aromatic rings. The van der Waals surface area contributed by atoms with Gasteiger partial charge in [0, 0.05) is 38.0 Å². The van der Waals surface area contributed by atoms with Gasteiger partial charge in [0.15, 0.2) is 0 Å². The molecule has 3 heterocycles. The third kappa shape index (κ3) is 5.18. The lowest BCUT2D eigenvalue weighted by molar-refractivity contribution is -0.144. The first-order chi connectivity index (χ1) is 16.1. The number of hydrogen-bond acceptors (Lipinski definition) is 4. The Balaban J connectivity index is 1.43. The van der Waals surface area contributed by atoms with Crippen LogP contribution >= 0.6 is 0 Å². The van der Waals surface area contributed by atoms with Gasteiger partial charge in [0.2, 0.25) is 5.91 Å². The van der Waals surface area contributed by atoms with Gasteiger partial charge in [-0.15, -0.1) is 0 Å². The van der Waals surface area contributed by atoms with E-state index in [1.165, 1.54) is 6.20 Å². The third-order valence-corrected chi connectivity index (χ3v) is 8.08. The van der Waals surface area contributed by atoms with Crippen LogP contribution in [0.25, 0.3) is 5.57 Å². The highest BCUT2D eigenvalue weighted by Crippen LogP contribution is 2.46. The zero-order valence-electron chi connectivity index (χ0n) is 20.3. The summed E-state index contributed by atoms with van der Waals surface area (Å²) in [5, 5.41) is 3.82. The van der Waals surface area contributed by atoms with Gasteiger partial charge < -0.3 is 15.0 Å². The second-order valence-corrected chi connectivity index (χ2v) is 10.5. The van der Waals surface area contributed by atoms with Crippen molar-refractivity contribution in [3.63, 3.8) is 0 Å². The van der Waals surface area contributed by atoms with Crippen LogP contribution in [-0.4, -0.2) is 54.2 Å². The Morgan fingerprint density at radius 1 is 1.32 bits per heavy atom. The summed E-state index contributed by atoms with van der Waals surface area (Å²) in [7, 11) is 0. The van der Waals surface area contributed by atoms with E-state index in [9.17, 15) is 18.0 Å². The predicted molar refractivity (Wildman–Crippen MR) is 125 cm³/mol. The molecule has 0 bridgehead atoms. The second-order valence-electron chi connectivity index (χ2n) is 10.5. The smallest absolute Gasteiger partial charge is 0.381 e. The van der Waals surface area contributed by atoms with Gasteiger partial charge in [-0.25, -0.2) is 0 Å². The van der Waals surface area contributed by atoms with Gasteiger partial charge in [-0.05, 0) is 61.6 Å². The van der Waals surface area contributed by atoms with Gasteiger partial charge in [0.25, 0.3) is 0 Å². The SMILES string of the molecule is CC1COCCC1NC1CCC(C(=O)N2CC=C(c3cc(C(F)(F)F)ccn3)CC2)(C(C)C)C1. The van der Waals surface area contributed by atoms with Gasteiger partial charge in [0.1, 0.15) is 0 Å². The van der Waals surface area contributed by atoms with Crippen molar-refractivity contribution in [2.75, 3.05) is 26.3 Å². The van der Waals surface area contributed by atoms with E-state index in [0.29, 0.717) is 43.2 Å². The molecule has 2 fully saturated rings. The molecular formula is C26H36F3N3O2. The number of amides is 1. The Hall–Kier alpha value is -1.93. The van der Waals surface area contributed by atoms with Gasteiger partial charge in [0.05, 0.1) is 23.3 Å². The summed E-state index contributed by atoms with van der Waals surface area (Å²) in [6.45, 7) is 8.96. The molecule has 188 valence electrons. The van der Waals surface area contributed by atoms with Crippen molar-refractivity contribution >= 4 is 11.5 Å². The maximum atomic E-state index is 13.8. The number of halogens is 3. The van der Waals surface area contributed by atoms with Crippen molar-refractivity contribution in [3.8, 4) is 0 Å². The average Bonchev–Trinajstić information content (AvgIpc) is 3.25. The standard InChI is InChI=1S/C26H36F3N3O2/c1-17(2)25(9-4-21(15-25)31-22-8-13-34-16-18(22)3)24(33)32-11-6-19(7-12-32)23-14-20(5-10-30-23)26(27,28)29/h5-6,10,14,17-18,21-22,31H,4,7-9,11-13,15-16H2,1-3H3. The van der Waals surface area contributed by atoms with Gasteiger partial charge in [-0.3, -0.25) is 9.78 Å². The summed E-state index contributed by atoms with van der Waals surface area (Å²) < 4.78 is 44.8. The minimum atomic E-state index is -4.39. The highest BCUT2D eigenvalue weighted by molar-refractivity contribution is 5.84. The lowest BCUT2D eigenvalue weighted by atomic mass is 9.74. The van der Waals surface area contributed by atoms with Crippen LogP contribution in [0.4, 0.5) is 13.2 Å². The summed E-state index contributed by atoms with van der Waals surface area (Å²) in [6.07, 6.45) is 2.86. The molecule has 5 nitrogen and oxygen atoms in total. The molecule has 4 atom stereocenters. The van der Waals surface area contributed by atoms with E-state index in [0.717, 1.165) is 56.6 Å². The predicted octanol–water partition coefficient (Wildman–Crippen LogP) is 4.93. The number of rotatable bonds is 5. The average molecular weight is 480 g/mol. The second kappa shape index (κ2) is 9.97. The highest BCUT2D eigenvalue weighted by Gasteiger charge is 2.49. The van der Waals surface area contributed by atoms with Crippen molar-refractivity contribution in [1.29, 1.82) is 0 Å². The zero-order chi connectivity index (χ0) is 24.5. The number of alkyl halides is 3. The van der Waals surface area contributed by atoms with Crippen LogP contribution in [0.15, 0.2) is 24.4 Å². The Bertz CT molecular complexity index is 917. The molecule has 4 unspecified atom stereocenters. The fraction of sp³-hybridized carbons (Fsp3) is 0.692. The molecule has 1 saturated heterocycles. The van der Waals surface area contributed by atoms with E-state index < -0.39 is 17.2 Å². The molecule has 2 aliphatic heterocycles. The largest absolute Gasteiger partial charge is 0.416 e. The molecule has 1 aliphatic carbocycles. The number of ether oxygens (including phenoxy) is 1. The molecule has 34 heavy (non-hydrogen) atoms. The molecule has 8 heteroatoms. The molecule has 4 rings (SSSR count). The van der Waals surface area contributed by atoms with Crippen molar-refractivity contribution in [3.05, 3.63) is 35.7 Å². The summed E-state index contributed by atoms with van der Waals surface area (Å²) >= 11 is 0. The number of pyridine rings is 1. The number of aromatic nitrogens is 1. The Morgan fingerprint density at radius 3 is 2.76 bits per heavy atom. The minimum Gasteiger partial charge on any atom is -0.381 e. The van der Waals surface area contributed by atoms with Crippen LogP contribution in [-0.2, 0) is 15.7 Å². The van der Waals surface area contributed by atoms with Crippen molar-refractivity contribution in [1.82, 2.24) is 15.2 Å². The topological polar surface area (TPSA) is 54.5 Å². The fourth-order valence-corrected chi connectivity index (χ4v) is 5.80. The monoisotopic (exact) mass is 479 g/mol. The number of carbonyl (C=O) groups excluding carboxylic acids is 1. The molecule has 0 radical (unpaired) electrons. The van der Waals surface area contributed by atoms with E-state index in [2.05, 4.69) is 31.1 Å². The number of hydrogen-bond donors (Lipinski definition) is 1. The first-order valence-electron chi connectivity index (χ1n) is 12.5. The Morgan fingerprint density at radius 2 is 2.12 bits per heavy atom. The lowest BCUT2D eigenvalue weighted by Crippen LogP contribution is -2.49. The minimum absolute atomic E-state index is 0.180. The third-order valence-electron chi connectivity index (χ3n) is 8.08. The summed E-state index contributed by atoms with van der Waals surface area (Å²) in [6, 6.07) is 2.84. The highest BCUT2D eigenvalue weighted by atomic mass is 19.4. The summed E-state index contributed by atoms with van der Waals surface area (Å²) in [5.41, 5.74) is 0.0229. The zero-order valence-corrected chi connectivity index (χ0v) is 20.3. The van der Waals surface area contributed by atoms with Gasteiger partial charge in [-0.2, -0.15) is 13.2 Å². The lowest BCUT2D eigenvalue weighted by Gasteiger charge is -2.39. The quantitative estimate of drug-likeness (QED) is 0.651. The maximum Gasteiger partial charge on any atom is 0.416 e. The van der Waals surface area contributed by atoms with E-state index in [-0.39, 0.29) is 11.8 Å². The number of nitrogens with one attached hydrogen (secondary N) is 1. The van der Waals surface area contributed by atoms with E-state index in [1.54, 1.807) is 0 Å². The van der Waals surface area contributed by atoms with Gasteiger partial charge >= 0.3 is 6.18 Å². The normalized spacial score (nSPS) is 30.5. The Kier molecular flexibility index (Phi) is 7.38. The Labute approximate surface area is 200 Å². The first kappa shape index (κ1) is 25.2. The van der Waals surface area contributed by atoms with Crippen LogP contribution in [0.2, 0.25) is 0 Å².